The molecule has 1 aromatic carbocycles. The lowest BCUT2D eigenvalue weighted by Gasteiger charge is -2.14. The molecule has 0 fully saturated rings. The molecule has 0 saturated carbocycles. The average Bonchev–Trinajstić information content (AvgIpc) is 2.23. The molecule has 0 aliphatic carbocycles. The van der Waals surface area contributed by atoms with Gasteiger partial charge in [-0.1, -0.05) is 32.8 Å². The van der Waals surface area contributed by atoms with Crippen LogP contribution < -0.4 is 4.74 Å². The van der Waals surface area contributed by atoms with Crippen LogP contribution >= 0.6 is 0 Å². The zero-order chi connectivity index (χ0) is 11.3. The van der Waals surface area contributed by atoms with Gasteiger partial charge >= 0.3 is 0 Å². The Labute approximate surface area is 91.9 Å². The summed E-state index contributed by atoms with van der Waals surface area (Å²) in [4.78, 5) is 0. The lowest BCUT2D eigenvalue weighted by Crippen LogP contribution is -1.98. The van der Waals surface area contributed by atoms with Crippen LogP contribution in [0.4, 0.5) is 0 Å². The standard InChI is InChI=1S/C13H20O2/c1-4-6-10-8-9-12(14)13(15-3)11(10)7-5-2/h8-9,14H,4-7H2,1-3H3. The minimum absolute atomic E-state index is 0.251. The van der Waals surface area contributed by atoms with Crippen molar-refractivity contribution in [2.45, 2.75) is 39.5 Å². The molecule has 0 atom stereocenters. The van der Waals surface area contributed by atoms with Crippen LogP contribution in [-0.4, -0.2) is 12.2 Å². The fourth-order valence-corrected chi connectivity index (χ4v) is 1.91. The maximum absolute atomic E-state index is 9.69. The summed E-state index contributed by atoms with van der Waals surface area (Å²) in [6.45, 7) is 4.30. The van der Waals surface area contributed by atoms with Crippen LogP contribution in [0.2, 0.25) is 0 Å². The minimum Gasteiger partial charge on any atom is -0.504 e. The van der Waals surface area contributed by atoms with E-state index in [-0.39, 0.29) is 5.75 Å². The van der Waals surface area contributed by atoms with E-state index in [0.29, 0.717) is 5.75 Å². The predicted molar refractivity (Wildman–Crippen MR) is 62.6 cm³/mol. The second kappa shape index (κ2) is 5.64. The van der Waals surface area contributed by atoms with Crippen LogP contribution in [0.3, 0.4) is 0 Å². The maximum Gasteiger partial charge on any atom is 0.163 e. The van der Waals surface area contributed by atoms with Gasteiger partial charge < -0.3 is 9.84 Å². The molecule has 0 unspecified atom stereocenters. The van der Waals surface area contributed by atoms with Crippen LogP contribution in [0.5, 0.6) is 11.5 Å². The molecule has 0 saturated heterocycles. The molecular weight excluding hydrogens is 188 g/mol. The highest BCUT2D eigenvalue weighted by molar-refractivity contribution is 5.50. The van der Waals surface area contributed by atoms with Gasteiger partial charge in [0.05, 0.1) is 7.11 Å². The van der Waals surface area contributed by atoms with E-state index in [1.807, 2.05) is 6.07 Å². The number of ether oxygens (including phenoxy) is 1. The third-order valence-electron chi connectivity index (χ3n) is 2.56. The van der Waals surface area contributed by atoms with E-state index in [1.165, 1.54) is 11.1 Å². The summed E-state index contributed by atoms with van der Waals surface area (Å²) in [5.41, 5.74) is 2.47. The molecule has 0 aromatic heterocycles. The van der Waals surface area contributed by atoms with Crippen molar-refractivity contribution in [3.05, 3.63) is 23.3 Å². The van der Waals surface area contributed by atoms with Crippen LogP contribution in [0.15, 0.2) is 12.1 Å². The summed E-state index contributed by atoms with van der Waals surface area (Å²) < 4.78 is 5.27. The van der Waals surface area contributed by atoms with E-state index in [0.717, 1.165) is 25.7 Å². The largest absolute Gasteiger partial charge is 0.504 e. The second-order valence-corrected chi connectivity index (χ2v) is 3.76. The SMILES string of the molecule is CCCc1ccc(O)c(OC)c1CCC. The summed E-state index contributed by atoms with van der Waals surface area (Å²) in [5, 5.41) is 9.69. The first kappa shape index (κ1) is 11.9. The monoisotopic (exact) mass is 208 g/mol. The van der Waals surface area contributed by atoms with E-state index in [4.69, 9.17) is 4.74 Å². The van der Waals surface area contributed by atoms with Gasteiger partial charge in [-0.05, 0) is 24.5 Å². The molecule has 0 bridgehead atoms. The minimum atomic E-state index is 0.251. The van der Waals surface area contributed by atoms with Crippen molar-refractivity contribution in [2.24, 2.45) is 0 Å². The number of rotatable bonds is 5. The summed E-state index contributed by atoms with van der Waals surface area (Å²) in [5.74, 6) is 0.906. The molecule has 1 aromatic rings. The van der Waals surface area contributed by atoms with Gasteiger partial charge in [0, 0.05) is 5.56 Å². The van der Waals surface area contributed by atoms with Crippen molar-refractivity contribution in [1.82, 2.24) is 0 Å². The number of phenols is 1. The van der Waals surface area contributed by atoms with Gasteiger partial charge in [0.2, 0.25) is 0 Å². The Balaban J connectivity index is 3.15. The van der Waals surface area contributed by atoms with Crippen LogP contribution in [-0.2, 0) is 12.8 Å². The smallest absolute Gasteiger partial charge is 0.163 e. The highest BCUT2D eigenvalue weighted by Gasteiger charge is 2.12. The van der Waals surface area contributed by atoms with Crippen molar-refractivity contribution >= 4 is 0 Å². The quantitative estimate of drug-likeness (QED) is 0.804. The third kappa shape index (κ3) is 2.65. The van der Waals surface area contributed by atoms with E-state index >= 15 is 0 Å². The summed E-state index contributed by atoms with van der Waals surface area (Å²) in [7, 11) is 1.62. The predicted octanol–water partition coefficient (Wildman–Crippen LogP) is 3.31. The first-order valence-corrected chi connectivity index (χ1v) is 5.62. The van der Waals surface area contributed by atoms with E-state index < -0.39 is 0 Å². The number of aromatic hydroxyl groups is 1. The Morgan fingerprint density at radius 1 is 1.13 bits per heavy atom. The number of phenolic OH excluding ortho intramolecular Hbond substituents is 1. The van der Waals surface area contributed by atoms with Crippen molar-refractivity contribution in [3.63, 3.8) is 0 Å². The Bertz CT molecular complexity index is 319. The summed E-state index contributed by atoms with van der Waals surface area (Å²) in [6.07, 6.45) is 4.19. The van der Waals surface area contributed by atoms with E-state index in [1.54, 1.807) is 13.2 Å². The van der Waals surface area contributed by atoms with Crippen LogP contribution in [0.25, 0.3) is 0 Å². The molecule has 1 N–H and O–H groups in total. The van der Waals surface area contributed by atoms with Gasteiger partial charge in [0.25, 0.3) is 0 Å². The molecule has 2 heteroatoms. The molecule has 0 heterocycles. The first-order chi connectivity index (χ1) is 7.24. The number of hydrogen-bond donors (Lipinski definition) is 1. The van der Waals surface area contributed by atoms with Gasteiger partial charge in [-0.25, -0.2) is 0 Å². The van der Waals surface area contributed by atoms with Crippen molar-refractivity contribution in [1.29, 1.82) is 0 Å². The molecule has 15 heavy (non-hydrogen) atoms. The van der Waals surface area contributed by atoms with Crippen LogP contribution in [0, 0.1) is 0 Å². The van der Waals surface area contributed by atoms with Gasteiger partial charge in [-0.15, -0.1) is 0 Å². The molecule has 84 valence electrons. The van der Waals surface area contributed by atoms with E-state index in [2.05, 4.69) is 13.8 Å². The number of methoxy groups -OCH3 is 1. The lowest BCUT2D eigenvalue weighted by molar-refractivity contribution is 0.368. The van der Waals surface area contributed by atoms with Crippen molar-refractivity contribution in [2.75, 3.05) is 7.11 Å². The highest BCUT2D eigenvalue weighted by Crippen LogP contribution is 2.33. The molecule has 0 aliphatic heterocycles. The molecule has 0 spiro atoms. The average molecular weight is 208 g/mol. The highest BCUT2D eigenvalue weighted by atomic mass is 16.5. The molecule has 0 amide bonds. The fraction of sp³-hybridized carbons (Fsp3) is 0.538. The zero-order valence-corrected chi connectivity index (χ0v) is 9.84. The summed E-state index contributed by atoms with van der Waals surface area (Å²) in [6, 6.07) is 3.73. The number of benzene rings is 1. The molecule has 1 rings (SSSR count). The van der Waals surface area contributed by atoms with Crippen LogP contribution in [0.1, 0.15) is 37.8 Å². The lowest BCUT2D eigenvalue weighted by atomic mass is 9.98. The first-order valence-electron chi connectivity index (χ1n) is 5.62. The molecule has 0 aliphatic rings. The van der Waals surface area contributed by atoms with E-state index in [9.17, 15) is 5.11 Å². The summed E-state index contributed by atoms with van der Waals surface area (Å²) >= 11 is 0. The van der Waals surface area contributed by atoms with Gasteiger partial charge in [0.15, 0.2) is 11.5 Å². The fourth-order valence-electron chi connectivity index (χ4n) is 1.91. The number of hydrogen-bond acceptors (Lipinski definition) is 2. The Kier molecular flexibility index (Phi) is 4.47. The second-order valence-electron chi connectivity index (χ2n) is 3.76. The molecular formula is C13H20O2. The van der Waals surface area contributed by atoms with Gasteiger partial charge in [0.1, 0.15) is 0 Å². The molecule has 0 radical (unpaired) electrons. The third-order valence-corrected chi connectivity index (χ3v) is 2.56. The zero-order valence-electron chi connectivity index (χ0n) is 9.84. The van der Waals surface area contributed by atoms with Crippen molar-refractivity contribution in [3.8, 4) is 11.5 Å². The normalized spacial score (nSPS) is 10.3. The van der Waals surface area contributed by atoms with Gasteiger partial charge in [-0.3, -0.25) is 0 Å². The maximum atomic E-state index is 9.69. The van der Waals surface area contributed by atoms with Gasteiger partial charge in [-0.2, -0.15) is 0 Å². The Morgan fingerprint density at radius 3 is 2.33 bits per heavy atom. The topological polar surface area (TPSA) is 29.5 Å². The Morgan fingerprint density at radius 2 is 1.80 bits per heavy atom. The molecule has 2 nitrogen and oxygen atoms in total. The Hall–Kier alpha value is -1.18. The number of aryl methyl sites for hydroxylation is 1. The van der Waals surface area contributed by atoms with Crippen molar-refractivity contribution < 1.29 is 9.84 Å².